The second-order valence-electron chi connectivity index (χ2n) is 11.6. The monoisotopic (exact) mass is 532 g/mol. The fraction of sp³-hybridized carbons (Fsp3) is 0.500. The molecule has 1 amide bonds. The van der Waals surface area contributed by atoms with Crippen LogP contribution in [0.5, 0.6) is 11.5 Å². The summed E-state index contributed by atoms with van der Waals surface area (Å²) in [5, 5.41) is 10.5. The minimum absolute atomic E-state index is 0.0338. The third-order valence-electron chi connectivity index (χ3n) is 9.03. The number of phenolic OH excluding ortho intramolecular Hbond substituents is 1. The van der Waals surface area contributed by atoms with Gasteiger partial charge in [0.25, 0.3) is 0 Å². The number of amides is 1. The SMILES string of the molecule is COc1cccc(C=CC(=O)N(C)[C@@H]2CC[C@]3(OC(C)=O)CN(CC4CC4)CC[C@@]3(c3cccc(O)c3)C2)c1. The van der Waals surface area contributed by atoms with Gasteiger partial charge in [-0.2, -0.15) is 0 Å². The lowest BCUT2D eigenvalue weighted by atomic mass is 9.55. The summed E-state index contributed by atoms with van der Waals surface area (Å²) in [6.07, 6.45) is 8.83. The predicted octanol–water partition coefficient (Wildman–Crippen LogP) is 4.78. The number of phenols is 1. The first-order chi connectivity index (χ1) is 18.7. The minimum Gasteiger partial charge on any atom is -0.508 e. The Kier molecular flexibility index (Phi) is 7.72. The number of likely N-dealkylation sites (N-methyl/N-ethyl adjacent to an activating group) is 1. The van der Waals surface area contributed by atoms with Gasteiger partial charge in [-0.05, 0) is 92.5 Å². The maximum atomic E-state index is 13.3. The summed E-state index contributed by atoms with van der Waals surface area (Å²) in [4.78, 5) is 30.2. The molecule has 0 aromatic heterocycles. The molecule has 5 rings (SSSR count). The molecule has 3 fully saturated rings. The van der Waals surface area contributed by atoms with E-state index in [-0.39, 0.29) is 23.7 Å². The Morgan fingerprint density at radius 2 is 1.92 bits per heavy atom. The van der Waals surface area contributed by atoms with Crippen LogP contribution in [-0.4, -0.2) is 72.2 Å². The van der Waals surface area contributed by atoms with E-state index >= 15 is 0 Å². The second kappa shape index (κ2) is 11.0. The molecule has 2 saturated carbocycles. The van der Waals surface area contributed by atoms with E-state index in [1.807, 2.05) is 60.5 Å². The van der Waals surface area contributed by atoms with Crippen molar-refractivity contribution in [1.29, 1.82) is 0 Å². The maximum absolute atomic E-state index is 13.3. The summed E-state index contributed by atoms with van der Waals surface area (Å²) in [5.41, 5.74) is 0.655. The number of hydrogen-bond acceptors (Lipinski definition) is 6. The van der Waals surface area contributed by atoms with E-state index in [1.54, 1.807) is 19.3 Å². The van der Waals surface area contributed by atoms with E-state index in [4.69, 9.17) is 9.47 Å². The topological polar surface area (TPSA) is 79.3 Å². The number of rotatable bonds is 8. The standard InChI is InChI=1S/C32H40N2O5/c1-23(35)39-32-15-14-27(33(2)30(37)13-12-24-6-4-9-29(18-24)38-3)20-31(32,26-7-5-8-28(36)19-26)16-17-34(22-32)21-25-10-11-25/h4-9,12-13,18-19,25,27,36H,10-11,14-17,20-22H2,1-3H3/t27-,31+,32+/m1/s1. The quantitative estimate of drug-likeness (QED) is 0.389. The molecule has 0 radical (unpaired) electrons. The zero-order chi connectivity index (χ0) is 27.6. The maximum Gasteiger partial charge on any atom is 0.303 e. The number of hydrogen-bond donors (Lipinski definition) is 1. The second-order valence-corrected chi connectivity index (χ2v) is 11.6. The molecule has 1 aliphatic heterocycles. The lowest BCUT2D eigenvalue weighted by Gasteiger charge is -2.60. The van der Waals surface area contributed by atoms with Gasteiger partial charge in [0.1, 0.15) is 17.1 Å². The highest BCUT2D eigenvalue weighted by molar-refractivity contribution is 5.91. The largest absolute Gasteiger partial charge is 0.508 e. The van der Waals surface area contributed by atoms with Gasteiger partial charge in [0.05, 0.1) is 7.11 Å². The van der Waals surface area contributed by atoms with Gasteiger partial charge in [0.2, 0.25) is 5.91 Å². The lowest BCUT2D eigenvalue weighted by Crippen LogP contribution is -2.68. The molecule has 2 aromatic carbocycles. The van der Waals surface area contributed by atoms with Crippen LogP contribution in [0.4, 0.5) is 0 Å². The molecule has 3 aliphatic rings. The summed E-state index contributed by atoms with van der Waals surface area (Å²) in [7, 11) is 3.49. The molecule has 1 heterocycles. The van der Waals surface area contributed by atoms with Crippen LogP contribution in [0, 0.1) is 5.92 Å². The molecule has 39 heavy (non-hydrogen) atoms. The van der Waals surface area contributed by atoms with Crippen LogP contribution in [0.15, 0.2) is 54.6 Å². The van der Waals surface area contributed by atoms with E-state index in [0.29, 0.717) is 19.4 Å². The molecule has 1 N–H and O–H groups in total. The zero-order valence-corrected chi connectivity index (χ0v) is 23.3. The van der Waals surface area contributed by atoms with Crippen molar-refractivity contribution in [3.05, 3.63) is 65.7 Å². The molecular formula is C32H40N2O5. The first-order valence-electron chi connectivity index (χ1n) is 14.0. The van der Waals surface area contributed by atoms with Crippen LogP contribution in [0.2, 0.25) is 0 Å². The fourth-order valence-electron chi connectivity index (χ4n) is 6.83. The third-order valence-corrected chi connectivity index (χ3v) is 9.03. The van der Waals surface area contributed by atoms with Crippen molar-refractivity contribution in [2.45, 2.75) is 62.5 Å². The van der Waals surface area contributed by atoms with Crippen molar-refractivity contribution in [2.75, 3.05) is 33.8 Å². The highest BCUT2D eigenvalue weighted by Crippen LogP contribution is 2.55. The van der Waals surface area contributed by atoms with Crippen molar-refractivity contribution in [3.63, 3.8) is 0 Å². The molecule has 3 atom stereocenters. The summed E-state index contributed by atoms with van der Waals surface area (Å²) in [5.74, 6) is 1.33. The molecule has 2 aromatic rings. The minimum atomic E-state index is -0.712. The number of nitrogens with zero attached hydrogens (tertiary/aromatic N) is 2. The first-order valence-corrected chi connectivity index (χ1v) is 14.0. The van der Waals surface area contributed by atoms with Crippen molar-refractivity contribution in [1.82, 2.24) is 9.80 Å². The van der Waals surface area contributed by atoms with Gasteiger partial charge in [0.15, 0.2) is 0 Å². The third kappa shape index (κ3) is 5.69. The lowest BCUT2D eigenvalue weighted by molar-refractivity contribution is -0.190. The van der Waals surface area contributed by atoms with Crippen molar-refractivity contribution in [2.24, 2.45) is 5.92 Å². The van der Waals surface area contributed by atoms with Crippen LogP contribution in [0.3, 0.4) is 0 Å². The first kappa shape index (κ1) is 27.3. The van der Waals surface area contributed by atoms with Crippen LogP contribution in [-0.2, 0) is 19.7 Å². The normalized spacial score (nSPS) is 27.1. The van der Waals surface area contributed by atoms with Gasteiger partial charge < -0.3 is 19.5 Å². The molecule has 7 nitrogen and oxygen atoms in total. The summed E-state index contributed by atoms with van der Waals surface area (Å²) in [6, 6.07) is 15.0. The number of likely N-dealkylation sites (tertiary alicyclic amines) is 1. The molecule has 0 bridgehead atoms. The Morgan fingerprint density at radius 3 is 2.64 bits per heavy atom. The van der Waals surface area contributed by atoms with Crippen LogP contribution in [0.25, 0.3) is 6.08 Å². The van der Waals surface area contributed by atoms with Crippen LogP contribution < -0.4 is 4.74 Å². The number of benzene rings is 2. The Hall–Kier alpha value is -3.32. The Labute approximate surface area is 231 Å². The number of carbonyl (C=O) groups excluding carboxylic acids is 2. The predicted molar refractivity (Wildman–Crippen MR) is 150 cm³/mol. The van der Waals surface area contributed by atoms with Crippen molar-refractivity contribution >= 4 is 18.0 Å². The van der Waals surface area contributed by atoms with E-state index in [1.165, 1.54) is 19.8 Å². The van der Waals surface area contributed by atoms with Crippen molar-refractivity contribution < 1.29 is 24.2 Å². The molecule has 1 saturated heterocycles. The van der Waals surface area contributed by atoms with Gasteiger partial charge in [-0.25, -0.2) is 0 Å². The number of esters is 1. The summed E-state index contributed by atoms with van der Waals surface area (Å²) < 4.78 is 11.6. The number of carbonyl (C=O) groups is 2. The van der Waals surface area contributed by atoms with E-state index in [9.17, 15) is 14.7 Å². The number of fused-ring (bicyclic) bond motifs is 1. The smallest absolute Gasteiger partial charge is 0.303 e. The molecule has 2 aliphatic carbocycles. The number of aromatic hydroxyl groups is 1. The average molecular weight is 533 g/mol. The summed E-state index contributed by atoms with van der Waals surface area (Å²) in [6.45, 7) is 4.11. The number of ether oxygens (including phenoxy) is 2. The highest BCUT2D eigenvalue weighted by atomic mass is 16.6. The molecule has 208 valence electrons. The molecular weight excluding hydrogens is 492 g/mol. The molecule has 0 unspecified atom stereocenters. The molecule has 7 heteroatoms. The van der Waals surface area contributed by atoms with E-state index in [0.717, 1.165) is 48.7 Å². The average Bonchev–Trinajstić information content (AvgIpc) is 3.74. The van der Waals surface area contributed by atoms with E-state index < -0.39 is 11.0 Å². The van der Waals surface area contributed by atoms with Gasteiger partial charge >= 0.3 is 5.97 Å². The Bertz CT molecular complexity index is 1240. The zero-order valence-electron chi connectivity index (χ0n) is 23.3. The number of methoxy groups -OCH3 is 1. The van der Waals surface area contributed by atoms with Gasteiger partial charge in [-0.1, -0.05) is 24.3 Å². The van der Waals surface area contributed by atoms with Crippen molar-refractivity contribution in [3.8, 4) is 11.5 Å². The molecule has 0 spiro atoms. The fourth-order valence-corrected chi connectivity index (χ4v) is 6.83. The summed E-state index contributed by atoms with van der Waals surface area (Å²) >= 11 is 0. The van der Waals surface area contributed by atoms with E-state index in [2.05, 4.69) is 4.90 Å². The van der Waals surface area contributed by atoms with Gasteiger partial charge in [0, 0.05) is 44.6 Å². The highest BCUT2D eigenvalue weighted by Gasteiger charge is 2.61. The van der Waals surface area contributed by atoms with Crippen LogP contribution >= 0.6 is 0 Å². The van der Waals surface area contributed by atoms with Crippen LogP contribution in [0.1, 0.15) is 56.6 Å². The van der Waals surface area contributed by atoms with Gasteiger partial charge in [-0.15, -0.1) is 0 Å². The van der Waals surface area contributed by atoms with Gasteiger partial charge in [-0.3, -0.25) is 14.5 Å². The number of piperidine rings is 1. The Balaban J connectivity index is 1.44. The Morgan fingerprint density at radius 1 is 1.13 bits per heavy atom.